The van der Waals surface area contributed by atoms with Crippen molar-refractivity contribution in [1.82, 2.24) is 0 Å². The number of rotatable bonds is 20. The van der Waals surface area contributed by atoms with E-state index in [4.69, 9.17) is 14.2 Å². The van der Waals surface area contributed by atoms with Gasteiger partial charge in [-0.05, 0) is 113 Å². The maximum atomic E-state index is 10.9. The highest BCUT2D eigenvalue weighted by atomic mass is 79.9. The van der Waals surface area contributed by atoms with Gasteiger partial charge in [0, 0.05) is 0 Å². The first-order valence-corrected chi connectivity index (χ1v) is 17.1. The van der Waals surface area contributed by atoms with Crippen LogP contribution in [0.15, 0.2) is 69.9 Å². The number of hydrogen-bond donors (Lipinski definition) is 0. The smallest absolute Gasteiger partial charge is 0.318 e. The minimum atomic E-state index is -0.311. The summed E-state index contributed by atoms with van der Waals surface area (Å²) in [7, 11) is 0. The van der Waals surface area contributed by atoms with E-state index in [1.807, 2.05) is 12.2 Å². The normalized spacial score (nSPS) is 12.2. The number of esters is 2. The van der Waals surface area contributed by atoms with Gasteiger partial charge in [-0.2, -0.15) is 0 Å². The summed E-state index contributed by atoms with van der Waals surface area (Å²) in [6.45, 7) is 18.0. The molecule has 0 amide bonds. The van der Waals surface area contributed by atoms with Crippen LogP contribution in [0.1, 0.15) is 107 Å². The van der Waals surface area contributed by atoms with Gasteiger partial charge in [-0.1, -0.05) is 95.7 Å². The Bertz CT molecular complexity index is 931. The molecule has 0 radical (unpaired) electrons. The first-order chi connectivity index (χ1) is 19.9. The molecule has 0 bridgehead atoms. The molecule has 5 nitrogen and oxygen atoms in total. The molecule has 42 heavy (non-hydrogen) atoms. The quantitative estimate of drug-likeness (QED) is 0.0413. The van der Waals surface area contributed by atoms with Crippen molar-refractivity contribution in [3.8, 4) is 0 Å². The van der Waals surface area contributed by atoms with Crippen LogP contribution in [0.2, 0.25) is 0 Å². The molecule has 0 aliphatic heterocycles. The Hall–Kier alpha value is -1.70. The molecule has 0 saturated carbocycles. The Balaban J connectivity index is 0. The van der Waals surface area contributed by atoms with Crippen LogP contribution >= 0.6 is 31.9 Å². The molecule has 0 unspecified atom stereocenters. The summed E-state index contributed by atoms with van der Waals surface area (Å²) < 4.78 is 15.0. The highest BCUT2D eigenvalue weighted by Crippen LogP contribution is 2.12. The lowest BCUT2D eigenvalue weighted by molar-refractivity contribution is -0.151. The molecule has 0 saturated heterocycles. The van der Waals surface area contributed by atoms with Crippen molar-refractivity contribution in [2.45, 2.75) is 107 Å². The lowest BCUT2D eigenvalue weighted by Gasteiger charge is -2.04. The third-order valence-corrected chi connectivity index (χ3v) is 6.91. The van der Waals surface area contributed by atoms with Crippen LogP contribution in [0.4, 0.5) is 0 Å². The van der Waals surface area contributed by atoms with E-state index in [1.165, 1.54) is 33.4 Å². The standard InChI is InChI=1S/C18H29BrO3.C17H27BrO2/c1-15(2)7-5-8-16(3)9-6-10-17(4)11-12-21-14-22-18(20)13-19;1-14(2)7-5-8-15(3)9-6-10-16(4)11-12-20-17(19)13-18/h7,9,11H,5-6,8,10,12-14H2,1-4H3;7,9,11H,5-6,8,10,12-13H2,1-4H3/b16-9+,17-11+;15-9+,16-11+. The van der Waals surface area contributed by atoms with Gasteiger partial charge in [0.1, 0.15) is 17.3 Å². The van der Waals surface area contributed by atoms with Crippen molar-refractivity contribution in [2.24, 2.45) is 0 Å². The number of allylic oxidation sites excluding steroid dienone is 10. The van der Waals surface area contributed by atoms with Crippen molar-refractivity contribution < 1.29 is 23.8 Å². The van der Waals surface area contributed by atoms with Crippen LogP contribution in [0.3, 0.4) is 0 Å². The fourth-order valence-electron chi connectivity index (χ4n) is 3.39. The minimum absolute atomic E-state index is 0.0115. The molecule has 0 spiro atoms. The molecule has 7 heteroatoms. The number of halogens is 2. The topological polar surface area (TPSA) is 61.8 Å². The second-order valence-electron chi connectivity index (χ2n) is 10.9. The van der Waals surface area contributed by atoms with Gasteiger partial charge in [-0.3, -0.25) is 9.59 Å². The van der Waals surface area contributed by atoms with E-state index in [0.717, 1.165) is 51.4 Å². The zero-order valence-corrected chi connectivity index (χ0v) is 30.6. The van der Waals surface area contributed by atoms with Crippen LogP contribution in [-0.2, 0) is 23.8 Å². The zero-order chi connectivity index (χ0) is 32.2. The highest BCUT2D eigenvalue weighted by Gasteiger charge is 1.98. The van der Waals surface area contributed by atoms with Crippen LogP contribution in [0.25, 0.3) is 0 Å². The lowest BCUT2D eigenvalue weighted by atomic mass is 10.1. The molecule has 240 valence electrons. The Labute approximate surface area is 273 Å². The summed E-state index contributed by atoms with van der Waals surface area (Å²) in [4.78, 5) is 21.8. The first kappa shape index (κ1) is 42.4. The second kappa shape index (κ2) is 29.4. The number of ether oxygens (including phenoxy) is 3. The average Bonchev–Trinajstić information content (AvgIpc) is 2.92. The van der Waals surface area contributed by atoms with Crippen molar-refractivity contribution >= 4 is 43.8 Å². The van der Waals surface area contributed by atoms with Gasteiger partial charge < -0.3 is 14.2 Å². The molecule has 0 aromatic rings. The minimum Gasteiger partial charge on any atom is -0.461 e. The van der Waals surface area contributed by atoms with Gasteiger partial charge in [0.2, 0.25) is 0 Å². The molecule has 0 aromatic carbocycles. The first-order valence-electron chi connectivity index (χ1n) is 14.8. The monoisotopic (exact) mass is 714 g/mol. The van der Waals surface area contributed by atoms with Crippen LogP contribution < -0.4 is 0 Å². The van der Waals surface area contributed by atoms with Crippen molar-refractivity contribution in [3.63, 3.8) is 0 Å². The third kappa shape index (κ3) is 32.8. The number of hydrogen-bond acceptors (Lipinski definition) is 5. The molecule has 0 aliphatic carbocycles. The Morgan fingerprint density at radius 2 is 0.857 bits per heavy atom. The summed E-state index contributed by atoms with van der Waals surface area (Å²) in [6.07, 6.45) is 21.9. The summed E-state index contributed by atoms with van der Waals surface area (Å²) >= 11 is 6.08. The van der Waals surface area contributed by atoms with E-state index in [-0.39, 0.29) is 29.4 Å². The van der Waals surface area contributed by atoms with Crippen molar-refractivity contribution in [3.05, 3.63) is 69.9 Å². The molecule has 0 aliphatic rings. The van der Waals surface area contributed by atoms with Crippen LogP contribution in [-0.4, -0.2) is 42.6 Å². The zero-order valence-electron chi connectivity index (χ0n) is 27.5. The molecule has 0 atom stereocenters. The number of alkyl halides is 2. The Morgan fingerprint density at radius 1 is 0.500 bits per heavy atom. The van der Waals surface area contributed by atoms with E-state index >= 15 is 0 Å². The van der Waals surface area contributed by atoms with Gasteiger partial charge in [-0.25, -0.2) is 0 Å². The molecule has 0 fully saturated rings. The predicted molar refractivity (Wildman–Crippen MR) is 186 cm³/mol. The average molecular weight is 717 g/mol. The largest absolute Gasteiger partial charge is 0.461 e. The maximum absolute atomic E-state index is 10.9. The van der Waals surface area contributed by atoms with E-state index in [9.17, 15) is 9.59 Å². The molecular formula is C35H56Br2O5. The Morgan fingerprint density at radius 3 is 1.26 bits per heavy atom. The van der Waals surface area contributed by atoms with E-state index in [2.05, 4.69) is 112 Å². The van der Waals surface area contributed by atoms with Gasteiger partial charge in [0.05, 0.1) is 6.61 Å². The van der Waals surface area contributed by atoms with Gasteiger partial charge >= 0.3 is 11.9 Å². The highest BCUT2D eigenvalue weighted by molar-refractivity contribution is 9.09. The SMILES string of the molecule is CC(C)=CCC/C(C)=C/CC/C(C)=C/COC(=O)CBr.CC(C)=CCC/C(C)=C/CC/C(C)=C/COCOC(=O)CBr. The van der Waals surface area contributed by atoms with Crippen LogP contribution in [0, 0.1) is 0 Å². The fourth-order valence-corrected chi connectivity index (χ4v) is 3.71. The summed E-state index contributed by atoms with van der Waals surface area (Å²) in [5.74, 6) is -0.529. The van der Waals surface area contributed by atoms with Crippen molar-refractivity contribution in [1.29, 1.82) is 0 Å². The fraction of sp³-hybridized carbons (Fsp3) is 0.600. The number of carbonyl (C=O) groups excluding carboxylic acids is 2. The van der Waals surface area contributed by atoms with Crippen molar-refractivity contribution in [2.75, 3.05) is 30.7 Å². The molecule has 0 aromatic heterocycles. The summed E-state index contributed by atoms with van der Waals surface area (Å²) in [5.41, 5.74) is 8.22. The van der Waals surface area contributed by atoms with Crippen LogP contribution in [0.5, 0.6) is 0 Å². The van der Waals surface area contributed by atoms with Gasteiger partial charge in [-0.15, -0.1) is 0 Å². The molecule has 0 heterocycles. The predicted octanol–water partition coefficient (Wildman–Crippen LogP) is 10.7. The second-order valence-corrected chi connectivity index (χ2v) is 12.0. The van der Waals surface area contributed by atoms with Gasteiger partial charge in [0.15, 0.2) is 6.79 Å². The molecule has 0 rings (SSSR count). The van der Waals surface area contributed by atoms with E-state index in [0.29, 0.717) is 13.2 Å². The third-order valence-electron chi connectivity index (χ3n) is 5.99. The molecular weight excluding hydrogens is 660 g/mol. The summed E-state index contributed by atoms with van der Waals surface area (Å²) in [6, 6.07) is 0. The maximum Gasteiger partial charge on any atom is 0.318 e. The Kier molecular flexibility index (Phi) is 29.7. The summed E-state index contributed by atoms with van der Waals surface area (Å²) in [5, 5.41) is 0.456. The number of carbonyl (C=O) groups is 2. The van der Waals surface area contributed by atoms with Gasteiger partial charge in [0.25, 0.3) is 0 Å². The lowest BCUT2D eigenvalue weighted by Crippen LogP contribution is -2.09. The molecule has 0 N–H and O–H groups in total. The van der Waals surface area contributed by atoms with E-state index in [1.54, 1.807) is 0 Å². The van der Waals surface area contributed by atoms with E-state index < -0.39 is 0 Å².